The maximum absolute atomic E-state index is 13.5. The Morgan fingerprint density at radius 2 is 2.06 bits per heavy atom. The molecular formula is C25H24F3N5OS. The number of amides is 1. The molecule has 35 heavy (non-hydrogen) atoms. The molecule has 0 unspecified atom stereocenters. The van der Waals surface area contributed by atoms with E-state index in [1.54, 1.807) is 29.9 Å². The molecule has 0 radical (unpaired) electrons. The summed E-state index contributed by atoms with van der Waals surface area (Å²) in [5.41, 5.74) is 7.63. The van der Waals surface area contributed by atoms with Gasteiger partial charge < -0.3 is 10.6 Å². The molecule has 2 N–H and O–H groups in total. The van der Waals surface area contributed by atoms with Crippen molar-refractivity contribution in [2.75, 3.05) is 13.1 Å². The van der Waals surface area contributed by atoms with E-state index in [0.29, 0.717) is 27.7 Å². The largest absolute Gasteiger partial charge is 0.416 e. The van der Waals surface area contributed by atoms with Gasteiger partial charge in [-0.15, -0.1) is 0 Å². The highest BCUT2D eigenvalue weighted by molar-refractivity contribution is 8.18. The number of halogens is 3. The fraction of sp³-hybridized carbons (Fsp3) is 0.320. The number of benzene rings is 2. The van der Waals surface area contributed by atoms with Gasteiger partial charge in [-0.25, -0.2) is 0 Å². The molecule has 0 aliphatic carbocycles. The van der Waals surface area contributed by atoms with Crippen LogP contribution in [0.1, 0.15) is 35.1 Å². The van der Waals surface area contributed by atoms with Gasteiger partial charge in [0, 0.05) is 24.5 Å². The summed E-state index contributed by atoms with van der Waals surface area (Å²) in [5.74, 6) is -0.279. The number of hydrogen-bond acceptors (Lipinski definition) is 5. The average molecular weight is 500 g/mol. The minimum Gasteiger partial charge on any atom is -0.349 e. The smallest absolute Gasteiger partial charge is 0.349 e. The van der Waals surface area contributed by atoms with Gasteiger partial charge in [-0.2, -0.15) is 23.3 Å². The van der Waals surface area contributed by atoms with Crippen LogP contribution in [0.25, 0.3) is 17.0 Å². The topological polar surface area (TPSA) is 76.5 Å². The lowest BCUT2D eigenvalue weighted by Gasteiger charge is -2.31. The first kappa shape index (κ1) is 23.6. The average Bonchev–Trinajstić information content (AvgIpc) is 3.37. The predicted octanol–water partition coefficient (Wildman–Crippen LogP) is 4.81. The van der Waals surface area contributed by atoms with E-state index in [9.17, 15) is 18.0 Å². The van der Waals surface area contributed by atoms with Gasteiger partial charge >= 0.3 is 6.18 Å². The number of aliphatic imine (C=N–C) groups is 1. The Bertz CT molecular complexity index is 1360. The molecule has 6 nitrogen and oxygen atoms in total. The van der Waals surface area contributed by atoms with E-state index in [4.69, 9.17) is 5.73 Å². The van der Waals surface area contributed by atoms with Gasteiger partial charge in [-0.3, -0.25) is 9.48 Å². The zero-order valence-electron chi connectivity index (χ0n) is 19.0. The minimum atomic E-state index is -4.44. The van der Waals surface area contributed by atoms with Crippen molar-refractivity contribution in [3.63, 3.8) is 0 Å². The number of amidine groups is 1. The Morgan fingerprint density at radius 3 is 2.83 bits per heavy atom. The fourth-order valence-corrected chi connectivity index (χ4v) is 5.39. The first-order valence-electron chi connectivity index (χ1n) is 11.3. The number of thioether (sulfide) groups is 1. The number of fused-ring (bicyclic) bond motifs is 1. The number of piperidine rings is 1. The van der Waals surface area contributed by atoms with E-state index < -0.39 is 11.7 Å². The number of rotatable bonds is 3. The van der Waals surface area contributed by atoms with Crippen molar-refractivity contribution in [2.24, 2.45) is 10.7 Å². The van der Waals surface area contributed by atoms with Crippen LogP contribution in [0.4, 0.5) is 13.2 Å². The molecule has 3 aromatic rings. The van der Waals surface area contributed by atoms with E-state index in [1.807, 2.05) is 18.2 Å². The molecule has 1 saturated heterocycles. The molecule has 1 aromatic heterocycles. The molecular weight excluding hydrogens is 475 g/mol. The summed E-state index contributed by atoms with van der Waals surface area (Å²) < 4.78 is 42.1. The predicted molar refractivity (Wildman–Crippen MR) is 132 cm³/mol. The van der Waals surface area contributed by atoms with Gasteiger partial charge in [-0.1, -0.05) is 23.8 Å². The lowest BCUT2D eigenvalue weighted by atomic mass is 10.0. The molecule has 0 saturated carbocycles. The number of nitrogens with zero attached hydrogens (tertiary/aromatic N) is 4. The number of hydrogen-bond donors (Lipinski definition) is 1. The molecule has 3 heterocycles. The van der Waals surface area contributed by atoms with Crippen molar-refractivity contribution in [2.45, 2.75) is 38.5 Å². The number of aryl methyl sites for hydroxylation is 1. The van der Waals surface area contributed by atoms with E-state index in [0.717, 1.165) is 36.4 Å². The second kappa shape index (κ2) is 9.16. The molecule has 0 bridgehead atoms. The summed E-state index contributed by atoms with van der Waals surface area (Å²) in [5, 5.41) is 5.78. The second-order valence-corrected chi connectivity index (χ2v) is 9.95. The lowest BCUT2D eigenvalue weighted by molar-refractivity contribution is -0.138. The molecule has 0 spiro atoms. The van der Waals surface area contributed by atoms with Gasteiger partial charge in [-0.05, 0) is 66.9 Å². The van der Waals surface area contributed by atoms with Gasteiger partial charge in [0.25, 0.3) is 5.91 Å². The summed E-state index contributed by atoms with van der Waals surface area (Å²) in [6.45, 7) is 3.17. The number of likely N-dealkylation sites (tertiary alicyclic amines) is 1. The first-order valence-corrected chi connectivity index (χ1v) is 12.1. The third-order valence-electron chi connectivity index (χ3n) is 6.19. The van der Waals surface area contributed by atoms with E-state index in [1.165, 1.54) is 17.8 Å². The Morgan fingerprint density at radius 1 is 1.23 bits per heavy atom. The van der Waals surface area contributed by atoms with Crippen molar-refractivity contribution < 1.29 is 18.0 Å². The molecule has 1 amide bonds. The molecule has 2 aliphatic rings. The zero-order valence-corrected chi connectivity index (χ0v) is 19.9. The van der Waals surface area contributed by atoms with Crippen LogP contribution in [0.3, 0.4) is 0 Å². The van der Waals surface area contributed by atoms with Gasteiger partial charge in [0.1, 0.15) is 0 Å². The quantitative estimate of drug-likeness (QED) is 0.524. The summed E-state index contributed by atoms with van der Waals surface area (Å²) in [6.07, 6.45) is 0.919. The van der Waals surface area contributed by atoms with Crippen LogP contribution in [-0.4, -0.2) is 44.9 Å². The van der Waals surface area contributed by atoms with Crippen molar-refractivity contribution in [1.82, 2.24) is 14.7 Å². The first-order chi connectivity index (χ1) is 16.7. The highest BCUT2D eigenvalue weighted by atomic mass is 32.2. The monoisotopic (exact) mass is 499 g/mol. The summed E-state index contributed by atoms with van der Waals surface area (Å²) in [7, 11) is 0. The van der Waals surface area contributed by atoms with E-state index >= 15 is 0 Å². The van der Waals surface area contributed by atoms with Crippen LogP contribution in [0.2, 0.25) is 0 Å². The third kappa shape index (κ3) is 4.99. The van der Waals surface area contributed by atoms with Gasteiger partial charge in [0.2, 0.25) is 0 Å². The van der Waals surface area contributed by atoms with Crippen molar-refractivity contribution >= 4 is 39.8 Å². The van der Waals surface area contributed by atoms with Crippen LogP contribution in [0, 0.1) is 6.92 Å². The van der Waals surface area contributed by atoms with E-state index in [-0.39, 0.29) is 24.1 Å². The van der Waals surface area contributed by atoms with Crippen molar-refractivity contribution in [3.8, 4) is 0 Å². The SMILES string of the molecule is Cc1ccc(Cn2ncc3cc(/C=C4\SC(N5CCC[C@H](N)C5)=NC4=O)ccc32)c(C(F)(F)F)c1. The number of carbonyl (C=O) groups is 1. The summed E-state index contributed by atoms with van der Waals surface area (Å²) >= 11 is 1.34. The Kier molecular flexibility index (Phi) is 6.18. The van der Waals surface area contributed by atoms with Crippen LogP contribution < -0.4 is 5.73 Å². The standard InChI is InChI=1S/C25H24F3N5OS/c1-15-4-6-17(20(9-15)25(26,27)28)13-33-21-7-5-16(10-18(21)12-30-33)11-22-23(34)31-24(35-22)32-8-2-3-19(29)14-32/h4-7,9-12,19H,2-3,8,13-14,29H2,1H3/b22-11-/t19-/m0/s1. The zero-order chi connectivity index (χ0) is 24.7. The number of carbonyl (C=O) groups excluding carboxylic acids is 1. The number of aromatic nitrogens is 2. The molecule has 1 atom stereocenters. The maximum atomic E-state index is 13.5. The number of nitrogens with two attached hydrogens (primary N) is 1. The van der Waals surface area contributed by atoms with Gasteiger partial charge in [0.05, 0.1) is 28.7 Å². The molecule has 2 aliphatic heterocycles. The Hall–Kier alpha value is -3.11. The number of alkyl halides is 3. The normalized spacial score (nSPS) is 20.2. The van der Waals surface area contributed by atoms with Crippen molar-refractivity contribution in [3.05, 3.63) is 69.8 Å². The van der Waals surface area contributed by atoms with Crippen LogP contribution in [0.15, 0.2) is 52.5 Å². The fourth-order valence-electron chi connectivity index (χ4n) is 4.44. The van der Waals surface area contributed by atoms with Crippen LogP contribution in [-0.2, 0) is 17.5 Å². The second-order valence-electron chi connectivity index (χ2n) is 8.94. The summed E-state index contributed by atoms with van der Waals surface area (Å²) in [6, 6.07) is 9.93. The minimum absolute atomic E-state index is 0.00255. The summed E-state index contributed by atoms with van der Waals surface area (Å²) in [4.78, 5) is 19.3. The van der Waals surface area contributed by atoms with Crippen LogP contribution in [0.5, 0.6) is 0 Å². The maximum Gasteiger partial charge on any atom is 0.416 e. The highest BCUT2D eigenvalue weighted by Gasteiger charge is 2.33. The van der Waals surface area contributed by atoms with E-state index in [2.05, 4.69) is 15.0 Å². The molecule has 182 valence electrons. The molecule has 1 fully saturated rings. The Balaban J connectivity index is 1.37. The molecule has 5 rings (SSSR count). The molecule has 2 aromatic carbocycles. The van der Waals surface area contributed by atoms with Gasteiger partial charge in [0.15, 0.2) is 5.17 Å². The molecule has 10 heteroatoms. The Labute approximate surface area is 204 Å². The highest BCUT2D eigenvalue weighted by Crippen LogP contribution is 2.34. The van der Waals surface area contributed by atoms with Crippen LogP contribution >= 0.6 is 11.8 Å². The van der Waals surface area contributed by atoms with Crippen molar-refractivity contribution in [1.29, 1.82) is 0 Å². The lowest BCUT2D eigenvalue weighted by Crippen LogP contribution is -2.44. The third-order valence-corrected chi connectivity index (χ3v) is 7.24.